The third kappa shape index (κ3) is 22.6. The lowest BCUT2D eigenvalue weighted by molar-refractivity contribution is -0.117. The van der Waals surface area contributed by atoms with Crippen LogP contribution in [0.2, 0.25) is 0 Å². The van der Waals surface area contributed by atoms with E-state index in [1.807, 2.05) is 0 Å². The fraction of sp³-hybridized carbons (Fsp3) is 0.889. The second-order valence-corrected chi connectivity index (χ2v) is 2.61. The minimum atomic E-state index is 0.125. The molecule has 0 aliphatic rings. The second kappa shape index (κ2) is 13.2. The number of unbranched alkanes of at least 4 members (excludes halogenated alkanes) is 1. The average Bonchev–Trinajstić information content (AvgIpc) is 2.03. The summed E-state index contributed by atoms with van der Waals surface area (Å²) in [6.07, 6.45) is 3.16. The highest BCUT2D eigenvalue weighted by Gasteiger charge is 1.88. The van der Waals surface area contributed by atoms with E-state index in [1.54, 1.807) is 0 Å². The van der Waals surface area contributed by atoms with Gasteiger partial charge in [0.2, 0.25) is 0 Å². The van der Waals surface area contributed by atoms with Crippen molar-refractivity contribution in [3.05, 3.63) is 0 Å². The molecule has 3 nitrogen and oxygen atoms in total. The number of rotatable bonds is 5. The predicted molar refractivity (Wildman–Crippen MR) is 49.0 cm³/mol. The number of aliphatic hydroxyl groups excluding tert-OH is 2. The van der Waals surface area contributed by atoms with Crippen LogP contribution in [-0.4, -0.2) is 29.2 Å². The van der Waals surface area contributed by atoms with Crippen molar-refractivity contribution in [1.82, 2.24) is 0 Å². The predicted octanol–water partition coefficient (Wildman–Crippen LogP) is 1.13. The monoisotopic (exact) mass is 176 g/mol. The summed E-state index contributed by atoms with van der Waals surface area (Å²) < 4.78 is 0. The average molecular weight is 176 g/mol. The van der Waals surface area contributed by atoms with E-state index in [1.165, 1.54) is 6.92 Å². The smallest absolute Gasteiger partial charge is 0.129 e. The molecule has 12 heavy (non-hydrogen) atoms. The van der Waals surface area contributed by atoms with Gasteiger partial charge < -0.3 is 15.0 Å². The first-order valence-electron chi connectivity index (χ1n) is 4.40. The molecule has 0 aliphatic heterocycles. The van der Waals surface area contributed by atoms with Gasteiger partial charge in [0.25, 0.3) is 0 Å². The Balaban J connectivity index is 0. The summed E-state index contributed by atoms with van der Waals surface area (Å²) in [5.41, 5.74) is 0. The van der Waals surface area contributed by atoms with E-state index in [9.17, 15) is 4.79 Å². The Morgan fingerprint density at radius 2 is 1.67 bits per heavy atom. The first-order chi connectivity index (χ1) is 5.68. The van der Waals surface area contributed by atoms with Crippen molar-refractivity contribution in [1.29, 1.82) is 0 Å². The maximum Gasteiger partial charge on any atom is 0.129 e. The van der Waals surface area contributed by atoms with Gasteiger partial charge in [-0.05, 0) is 19.8 Å². The Labute approximate surface area is 74.4 Å². The molecule has 0 saturated heterocycles. The lowest BCUT2D eigenvalue weighted by Gasteiger charge is -1.86. The number of ketones is 1. The van der Waals surface area contributed by atoms with Crippen LogP contribution in [0, 0.1) is 0 Å². The quantitative estimate of drug-likeness (QED) is 0.660. The molecule has 2 N–H and O–H groups in total. The van der Waals surface area contributed by atoms with Crippen LogP contribution in [0.3, 0.4) is 0 Å². The van der Waals surface area contributed by atoms with Gasteiger partial charge in [0, 0.05) is 19.6 Å². The van der Waals surface area contributed by atoms with Crippen molar-refractivity contribution in [3.8, 4) is 0 Å². The first-order valence-corrected chi connectivity index (χ1v) is 4.40. The Morgan fingerprint density at radius 1 is 1.17 bits per heavy atom. The molecular formula is C9H20O3. The molecule has 0 atom stereocenters. The largest absolute Gasteiger partial charge is 0.396 e. The summed E-state index contributed by atoms with van der Waals surface area (Å²) in [6, 6.07) is 0. The molecule has 0 aliphatic carbocycles. The van der Waals surface area contributed by atoms with Crippen molar-refractivity contribution < 1.29 is 15.0 Å². The topological polar surface area (TPSA) is 57.5 Å². The van der Waals surface area contributed by atoms with Crippen LogP contribution >= 0.6 is 0 Å². The van der Waals surface area contributed by atoms with Gasteiger partial charge in [-0.3, -0.25) is 0 Å². The lowest BCUT2D eigenvalue weighted by atomic mass is 10.2. The van der Waals surface area contributed by atoms with Gasteiger partial charge in [0.15, 0.2) is 0 Å². The highest BCUT2D eigenvalue weighted by atomic mass is 16.3. The zero-order chi connectivity index (χ0) is 9.82. The summed E-state index contributed by atoms with van der Waals surface area (Å²) in [6.45, 7) is 4.04. The summed E-state index contributed by atoms with van der Waals surface area (Å²) >= 11 is 0. The molecule has 0 bridgehead atoms. The molecule has 0 spiro atoms. The molecule has 0 radical (unpaired) electrons. The first kappa shape index (κ1) is 14.1. The third-order valence-electron chi connectivity index (χ3n) is 1.20. The van der Waals surface area contributed by atoms with E-state index >= 15 is 0 Å². The normalized spacial score (nSPS) is 8.67. The van der Waals surface area contributed by atoms with Crippen molar-refractivity contribution in [3.63, 3.8) is 0 Å². The Kier molecular flexibility index (Phi) is 15.5. The molecule has 74 valence electrons. The van der Waals surface area contributed by atoms with Gasteiger partial charge in [0.1, 0.15) is 5.78 Å². The second-order valence-electron chi connectivity index (χ2n) is 2.61. The number of hydrogen-bond acceptors (Lipinski definition) is 3. The van der Waals surface area contributed by atoms with E-state index in [0.717, 1.165) is 12.8 Å². The number of aliphatic hydroxyl groups is 2. The Bertz CT molecular complexity index is 89.8. The SMILES string of the molecule is CC(=O)CCCO.CCCCO. The van der Waals surface area contributed by atoms with Gasteiger partial charge >= 0.3 is 0 Å². The lowest BCUT2D eigenvalue weighted by Crippen LogP contribution is -1.91. The van der Waals surface area contributed by atoms with Crippen LogP contribution in [0.15, 0.2) is 0 Å². The van der Waals surface area contributed by atoms with Gasteiger partial charge in [-0.2, -0.15) is 0 Å². The molecule has 0 unspecified atom stereocenters. The van der Waals surface area contributed by atoms with Gasteiger partial charge in [0.05, 0.1) is 0 Å². The minimum Gasteiger partial charge on any atom is -0.396 e. The van der Waals surface area contributed by atoms with Gasteiger partial charge in [-0.15, -0.1) is 0 Å². The third-order valence-corrected chi connectivity index (χ3v) is 1.20. The van der Waals surface area contributed by atoms with Crippen LogP contribution < -0.4 is 0 Å². The van der Waals surface area contributed by atoms with Crippen molar-refractivity contribution in [2.24, 2.45) is 0 Å². The molecule has 0 aromatic heterocycles. The number of hydrogen-bond donors (Lipinski definition) is 2. The standard InChI is InChI=1S/C5H10O2.C4H10O/c1-5(7)3-2-4-6;1-2-3-4-5/h6H,2-4H2,1H3;5H,2-4H2,1H3. The summed E-state index contributed by atoms with van der Waals surface area (Å²) in [5, 5.41) is 16.2. The fourth-order valence-electron chi connectivity index (χ4n) is 0.486. The van der Waals surface area contributed by atoms with Crippen LogP contribution in [0.25, 0.3) is 0 Å². The zero-order valence-corrected chi connectivity index (χ0v) is 8.05. The summed E-state index contributed by atoms with van der Waals surface area (Å²) in [4.78, 5) is 10.1. The molecule has 0 fully saturated rings. The van der Waals surface area contributed by atoms with E-state index in [2.05, 4.69) is 6.92 Å². The highest BCUT2D eigenvalue weighted by Crippen LogP contribution is 1.85. The molecule has 0 aromatic rings. The van der Waals surface area contributed by atoms with Crippen LogP contribution in [0.4, 0.5) is 0 Å². The van der Waals surface area contributed by atoms with Crippen molar-refractivity contribution in [2.75, 3.05) is 13.2 Å². The fourth-order valence-corrected chi connectivity index (χ4v) is 0.486. The van der Waals surface area contributed by atoms with E-state index in [4.69, 9.17) is 10.2 Å². The molecular weight excluding hydrogens is 156 g/mol. The molecule has 0 heterocycles. The van der Waals surface area contributed by atoms with E-state index < -0.39 is 0 Å². The molecule has 0 saturated carbocycles. The number of carbonyl (C=O) groups is 1. The Hall–Kier alpha value is -0.410. The highest BCUT2D eigenvalue weighted by molar-refractivity contribution is 5.75. The van der Waals surface area contributed by atoms with Gasteiger partial charge in [-0.25, -0.2) is 0 Å². The molecule has 0 amide bonds. The number of Topliss-reactive ketones (excluding diaryl/α,β-unsaturated/α-hetero) is 1. The molecule has 0 aromatic carbocycles. The Morgan fingerprint density at radius 3 is 1.75 bits per heavy atom. The summed E-state index contributed by atoms with van der Waals surface area (Å²) in [7, 11) is 0. The van der Waals surface area contributed by atoms with Crippen LogP contribution in [0.1, 0.15) is 39.5 Å². The van der Waals surface area contributed by atoms with Crippen molar-refractivity contribution in [2.45, 2.75) is 39.5 Å². The zero-order valence-electron chi connectivity index (χ0n) is 8.05. The van der Waals surface area contributed by atoms with E-state index in [-0.39, 0.29) is 12.4 Å². The van der Waals surface area contributed by atoms with Gasteiger partial charge in [-0.1, -0.05) is 13.3 Å². The maximum atomic E-state index is 10.1. The van der Waals surface area contributed by atoms with Crippen molar-refractivity contribution >= 4 is 5.78 Å². The van der Waals surface area contributed by atoms with Crippen LogP contribution in [0.5, 0.6) is 0 Å². The minimum absolute atomic E-state index is 0.125. The number of carbonyl (C=O) groups excluding carboxylic acids is 1. The maximum absolute atomic E-state index is 10.1. The molecule has 0 rings (SSSR count). The molecule has 3 heteroatoms. The van der Waals surface area contributed by atoms with E-state index in [0.29, 0.717) is 19.4 Å². The summed E-state index contributed by atoms with van der Waals surface area (Å²) in [5.74, 6) is 0.147. The van der Waals surface area contributed by atoms with Crippen LogP contribution in [-0.2, 0) is 4.79 Å².